The third kappa shape index (κ3) is 3.50. The van der Waals surface area contributed by atoms with E-state index in [9.17, 15) is 19.2 Å². The zero-order valence-corrected chi connectivity index (χ0v) is 21.0. The molecule has 38 heavy (non-hydrogen) atoms. The van der Waals surface area contributed by atoms with Crippen molar-refractivity contribution in [2.24, 2.45) is 41.4 Å². The number of benzene rings is 2. The molecule has 2 saturated heterocycles. The average Bonchev–Trinajstić information content (AvgIpc) is 3.60. The van der Waals surface area contributed by atoms with Gasteiger partial charge in [-0.1, -0.05) is 18.2 Å². The summed E-state index contributed by atoms with van der Waals surface area (Å²) in [5.41, 5.74) is 1.12. The summed E-state index contributed by atoms with van der Waals surface area (Å²) in [7, 11) is 0. The zero-order valence-electron chi connectivity index (χ0n) is 21.0. The molecule has 4 aliphatic carbocycles. The Morgan fingerprint density at radius 2 is 1.58 bits per heavy atom. The van der Waals surface area contributed by atoms with Crippen LogP contribution in [0.15, 0.2) is 60.7 Å². The SMILES string of the molecule is CCOc1ccc(N2C[C@H](C(=O)Oc3cccc(N4C(=O)[C@@H]5[C@H]6C=C[C@@H]([C@@H]7C[C@@H]67)[C@@H]5C4=O)c3)CC2=O)cc1. The molecule has 2 heterocycles. The van der Waals surface area contributed by atoms with Crippen molar-refractivity contribution in [1.29, 1.82) is 0 Å². The molecule has 0 radical (unpaired) electrons. The summed E-state index contributed by atoms with van der Waals surface area (Å²) >= 11 is 0. The third-order valence-corrected chi connectivity index (χ3v) is 8.87. The molecule has 3 amide bonds. The zero-order chi connectivity index (χ0) is 26.1. The van der Waals surface area contributed by atoms with Gasteiger partial charge in [0.25, 0.3) is 0 Å². The lowest BCUT2D eigenvalue weighted by Crippen LogP contribution is -2.40. The van der Waals surface area contributed by atoms with Crippen LogP contribution in [0.2, 0.25) is 0 Å². The molecular formula is C30H28N2O6. The smallest absolute Gasteiger partial charge is 0.316 e. The molecule has 2 bridgehead atoms. The van der Waals surface area contributed by atoms with Crippen LogP contribution < -0.4 is 19.3 Å². The Kier molecular flexibility index (Phi) is 5.22. The van der Waals surface area contributed by atoms with Gasteiger partial charge < -0.3 is 14.4 Å². The lowest BCUT2D eigenvalue weighted by atomic mass is 9.63. The highest BCUT2D eigenvalue weighted by Crippen LogP contribution is 2.65. The Hall–Kier alpha value is -3.94. The van der Waals surface area contributed by atoms with Crippen LogP contribution in [-0.2, 0) is 19.2 Å². The molecule has 0 N–H and O–H groups in total. The van der Waals surface area contributed by atoms with E-state index in [1.54, 1.807) is 53.4 Å². The van der Waals surface area contributed by atoms with E-state index in [0.717, 1.165) is 6.42 Å². The third-order valence-electron chi connectivity index (χ3n) is 8.87. The second-order valence-electron chi connectivity index (χ2n) is 10.9. The van der Waals surface area contributed by atoms with E-state index in [4.69, 9.17) is 9.47 Å². The molecule has 4 fully saturated rings. The predicted molar refractivity (Wildman–Crippen MR) is 137 cm³/mol. The maximum absolute atomic E-state index is 13.4. The van der Waals surface area contributed by atoms with E-state index in [0.29, 0.717) is 35.6 Å². The average molecular weight is 513 g/mol. The van der Waals surface area contributed by atoms with Crippen LogP contribution >= 0.6 is 0 Å². The van der Waals surface area contributed by atoms with Crippen LogP contribution in [-0.4, -0.2) is 36.8 Å². The van der Waals surface area contributed by atoms with Crippen molar-refractivity contribution in [2.45, 2.75) is 19.8 Å². The summed E-state index contributed by atoms with van der Waals surface area (Å²) in [6, 6.07) is 13.8. The molecule has 6 aliphatic rings. The van der Waals surface area contributed by atoms with Gasteiger partial charge in [0.15, 0.2) is 0 Å². The number of carbonyl (C=O) groups excluding carboxylic acids is 4. The molecule has 8 nitrogen and oxygen atoms in total. The molecular weight excluding hydrogens is 484 g/mol. The molecule has 194 valence electrons. The Balaban J connectivity index is 1.05. The summed E-state index contributed by atoms with van der Waals surface area (Å²) < 4.78 is 11.1. The molecule has 0 unspecified atom stereocenters. The van der Waals surface area contributed by atoms with Crippen molar-refractivity contribution in [3.05, 3.63) is 60.7 Å². The summed E-state index contributed by atoms with van der Waals surface area (Å²) in [6.45, 7) is 2.67. The lowest BCUT2D eigenvalue weighted by Gasteiger charge is -2.37. The standard InChI is InChI=1S/C30H28N2O6/c1-2-37-19-8-6-17(7-9-19)31-15-16(12-25(31)33)30(36)38-20-5-3-4-18(13-20)32-28(34)26-21-10-11-22(24-14-23(21)24)27(26)29(32)35/h3-11,13,16,21-24,26-27H,2,12,14-15H2,1H3/t16-,21+,22+,23+,24+,26-,27+/m1/s1. The highest BCUT2D eigenvalue weighted by atomic mass is 16.5. The number of hydrogen-bond donors (Lipinski definition) is 0. The molecule has 2 aromatic carbocycles. The van der Waals surface area contributed by atoms with E-state index in [-0.39, 0.29) is 60.1 Å². The summed E-state index contributed by atoms with van der Waals surface area (Å²) in [5.74, 6) is 0.166. The van der Waals surface area contributed by atoms with Gasteiger partial charge in [0.05, 0.1) is 30.0 Å². The van der Waals surface area contributed by atoms with E-state index >= 15 is 0 Å². The van der Waals surface area contributed by atoms with Crippen molar-refractivity contribution in [1.82, 2.24) is 0 Å². The monoisotopic (exact) mass is 512 g/mol. The van der Waals surface area contributed by atoms with Gasteiger partial charge in [-0.15, -0.1) is 0 Å². The van der Waals surface area contributed by atoms with E-state index in [2.05, 4.69) is 12.2 Å². The Morgan fingerprint density at radius 1 is 0.895 bits per heavy atom. The number of anilines is 2. The lowest BCUT2D eigenvalue weighted by molar-refractivity contribution is -0.139. The molecule has 0 aromatic heterocycles. The van der Waals surface area contributed by atoms with Crippen molar-refractivity contribution >= 4 is 35.1 Å². The molecule has 2 aliphatic heterocycles. The minimum atomic E-state index is -0.621. The quantitative estimate of drug-likeness (QED) is 0.254. The fourth-order valence-corrected chi connectivity index (χ4v) is 7.10. The van der Waals surface area contributed by atoms with Gasteiger partial charge in [-0.25, -0.2) is 4.90 Å². The maximum Gasteiger partial charge on any atom is 0.316 e. The number of amides is 3. The first-order valence-electron chi connectivity index (χ1n) is 13.4. The highest BCUT2D eigenvalue weighted by Gasteiger charge is 2.67. The number of ether oxygens (including phenoxy) is 2. The van der Waals surface area contributed by atoms with Crippen molar-refractivity contribution in [3.63, 3.8) is 0 Å². The van der Waals surface area contributed by atoms with Gasteiger partial charge in [0, 0.05) is 24.7 Å². The second-order valence-corrected chi connectivity index (χ2v) is 10.9. The number of carbonyl (C=O) groups is 4. The number of hydrogen-bond acceptors (Lipinski definition) is 6. The molecule has 0 spiro atoms. The molecule has 8 heteroatoms. The van der Waals surface area contributed by atoms with Gasteiger partial charge in [-0.2, -0.15) is 0 Å². The largest absolute Gasteiger partial charge is 0.494 e. The number of esters is 1. The summed E-state index contributed by atoms with van der Waals surface area (Å²) in [5, 5.41) is 0. The fraction of sp³-hybridized carbons (Fsp3) is 0.400. The maximum atomic E-state index is 13.4. The van der Waals surface area contributed by atoms with Gasteiger partial charge >= 0.3 is 5.97 Å². The van der Waals surface area contributed by atoms with E-state index < -0.39 is 11.9 Å². The highest BCUT2D eigenvalue weighted by molar-refractivity contribution is 6.22. The van der Waals surface area contributed by atoms with E-state index in [1.165, 1.54) is 4.90 Å². The van der Waals surface area contributed by atoms with Crippen molar-refractivity contribution in [2.75, 3.05) is 23.0 Å². The van der Waals surface area contributed by atoms with Crippen molar-refractivity contribution < 1.29 is 28.7 Å². The Morgan fingerprint density at radius 3 is 2.24 bits per heavy atom. The topological polar surface area (TPSA) is 93.2 Å². The second kappa shape index (κ2) is 8.55. The van der Waals surface area contributed by atoms with Crippen LogP contribution in [0.1, 0.15) is 19.8 Å². The van der Waals surface area contributed by atoms with Gasteiger partial charge in [0.1, 0.15) is 11.5 Å². The number of nitrogens with zero attached hydrogens (tertiary/aromatic N) is 2. The fourth-order valence-electron chi connectivity index (χ4n) is 7.10. The minimum Gasteiger partial charge on any atom is -0.494 e. The van der Waals surface area contributed by atoms with Gasteiger partial charge in [-0.05, 0) is 73.4 Å². The first-order valence-corrected chi connectivity index (χ1v) is 13.4. The van der Waals surface area contributed by atoms with Crippen molar-refractivity contribution in [3.8, 4) is 11.5 Å². The van der Waals surface area contributed by atoms with Crippen LogP contribution in [0.4, 0.5) is 11.4 Å². The van der Waals surface area contributed by atoms with E-state index in [1.807, 2.05) is 6.92 Å². The first-order chi connectivity index (χ1) is 18.4. The summed E-state index contributed by atoms with van der Waals surface area (Å²) in [6.07, 6.45) is 5.45. The number of rotatable bonds is 6. The van der Waals surface area contributed by atoms with Crippen LogP contribution in [0.3, 0.4) is 0 Å². The number of allylic oxidation sites excluding steroid dienone is 2. The Labute approximate surface area is 220 Å². The predicted octanol–water partition coefficient (Wildman–Crippen LogP) is 3.60. The minimum absolute atomic E-state index is 0.0519. The van der Waals surface area contributed by atoms with Crippen LogP contribution in [0.25, 0.3) is 0 Å². The van der Waals surface area contributed by atoms with Gasteiger partial charge in [0.2, 0.25) is 17.7 Å². The number of imide groups is 1. The van der Waals surface area contributed by atoms with Gasteiger partial charge in [-0.3, -0.25) is 19.2 Å². The summed E-state index contributed by atoms with van der Waals surface area (Å²) in [4.78, 5) is 55.4. The van der Waals surface area contributed by atoms with Crippen LogP contribution in [0.5, 0.6) is 11.5 Å². The first kappa shape index (κ1) is 23.2. The normalized spacial score (nSPS) is 32.4. The molecule has 8 rings (SSSR count). The van der Waals surface area contributed by atoms with Crippen LogP contribution in [0, 0.1) is 41.4 Å². The molecule has 7 atom stereocenters. The molecule has 2 aromatic rings. The molecule has 2 saturated carbocycles. The Bertz CT molecular complexity index is 1350.